The maximum Gasteiger partial charge on any atom is 0.407 e. The summed E-state index contributed by atoms with van der Waals surface area (Å²) in [6.45, 7) is 3.18. The van der Waals surface area contributed by atoms with Crippen molar-refractivity contribution in [3.05, 3.63) is 52.5 Å². The maximum absolute atomic E-state index is 13.0. The molecule has 3 aliphatic heterocycles. The van der Waals surface area contributed by atoms with Gasteiger partial charge in [-0.3, -0.25) is 4.90 Å². The lowest BCUT2D eigenvalue weighted by Gasteiger charge is -2.44. The Labute approximate surface area is 200 Å². The van der Waals surface area contributed by atoms with Crippen molar-refractivity contribution in [3.8, 4) is 16.9 Å². The molecule has 4 fully saturated rings. The largest absolute Gasteiger partial charge is 0.495 e. The molecule has 2 bridgehead atoms. The molecule has 1 N–H and O–H groups in total. The van der Waals surface area contributed by atoms with Crippen molar-refractivity contribution in [3.63, 3.8) is 0 Å². The number of aryl methyl sites for hydroxylation is 1. The highest BCUT2D eigenvalue weighted by Crippen LogP contribution is 2.61. The monoisotopic (exact) mass is 466 g/mol. The van der Waals surface area contributed by atoms with E-state index in [0.29, 0.717) is 16.7 Å². The normalized spacial score (nSPS) is 28.8. The van der Waals surface area contributed by atoms with Crippen molar-refractivity contribution in [1.29, 1.82) is 0 Å². The number of fused-ring (bicyclic) bond motifs is 4. The summed E-state index contributed by atoms with van der Waals surface area (Å²) < 4.78 is 11.4. The van der Waals surface area contributed by atoms with Crippen LogP contribution in [0.15, 0.2) is 36.4 Å². The summed E-state index contributed by atoms with van der Waals surface area (Å²) in [5.41, 5.74) is 4.98. The van der Waals surface area contributed by atoms with Crippen LogP contribution >= 0.6 is 11.6 Å². The summed E-state index contributed by atoms with van der Waals surface area (Å²) in [5.74, 6) is 1.20. The zero-order chi connectivity index (χ0) is 22.6. The van der Waals surface area contributed by atoms with Crippen molar-refractivity contribution >= 4 is 17.7 Å². The van der Waals surface area contributed by atoms with E-state index in [9.17, 15) is 4.79 Å². The molecule has 2 aromatic carbocycles. The highest BCUT2D eigenvalue weighted by atomic mass is 35.5. The van der Waals surface area contributed by atoms with Gasteiger partial charge in [-0.15, -0.1) is 0 Å². The maximum atomic E-state index is 13.0. The van der Waals surface area contributed by atoms with Crippen molar-refractivity contribution < 1.29 is 14.3 Å². The Kier molecular flexibility index (Phi) is 5.30. The van der Waals surface area contributed by atoms with Crippen LogP contribution in [0, 0.1) is 11.3 Å². The zero-order valence-corrected chi connectivity index (χ0v) is 19.9. The van der Waals surface area contributed by atoms with Gasteiger partial charge in [0.25, 0.3) is 0 Å². The third-order valence-corrected chi connectivity index (χ3v) is 8.76. The Morgan fingerprint density at radius 2 is 1.85 bits per heavy atom. The van der Waals surface area contributed by atoms with Crippen LogP contribution in [0.5, 0.6) is 5.75 Å². The third-order valence-electron chi connectivity index (χ3n) is 8.45. The number of rotatable bonds is 4. The van der Waals surface area contributed by atoms with E-state index in [-0.39, 0.29) is 23.7 Å². The van der Waals surface area contributed by atoms with Gasteiger partial charge < -0.3 is 14.8 Å². The molecule has 7 rings (SSSR count). The van der Waals surface area contributed by atoms with Crippen molar-refractivity contribution in [2.45, 2.75) is 50.7 Å². The van der Waals surface area contributed by atoms with E-state index < -0.39 is 0 Å². The Morgan fingerprint density at radius 1 is 1.09 bits per heavy atom. The second kappa shape index (κ2) is 8.21. The zero-order valence-electron chi connectivity index (χ0n) is 19.1. The minimum Gasteiger partial charge on any atom is -0.495 e. The molecule has 0 aromatic heterocycles. The van der Waals surface area contributed by atoms with E-state index in [0.717, 1.165) is 56.4 Å². The number of amides is 1. The summed E-state index contributed by atoms with van der Waals surface area (Å²) in [7, 11) is 1.64. The van der Waals surface area contributed by atoms with Crippen LogP contribution in [0.3, 0.4) is 0 Å². The Morgan fingerprint density at radius 3 is 2.55 bits per heavy atom. The molecule has 3 heterocycles. The highest BCUT2D eigenvalue weighted by molar-refractivity contribution is 6.32. The minimum absolute atomic E-state index is 0.0311. The van der Waals surface area contributed by atoms with Gasteiger partial charge in [-0.2, -0.15) is 0 Å². The number of carbonyl (C=O) groups excluding carboxylic acids is 1. The van der Waals surface area contributed by atoms with Crippen LogP contribution in [-0.4, -0.2) is 43.8 Å². The second-order valence-electron chi connectivity index (χ2n) is 10.3. The molecule has 1 spiro atoms. The highest BCUT2D eigenvalue weighted by Gasteiger charge is 2.53. The average Bonchev–Trinajstić information content (AvgIpc) is 3.62. The van der Waals surface area contributed by atoms with Crippen molar-refractivity contribution in [2.24, 2.45) is 11.3 Å². The van der Waals surface area contributed by atoms with E-state index >= 15 is 0 Å². The fraction of sp³-hybridized carbons (Fsp3) is 0.519. The molecule has 0 radical (unpaired) electrons. The van der Waals surface area contributed by atoms with E-state index in [2.05, 4.69) is 28.4 Å². The number of methoxy groups -OCH3 is 1. The van der Waals surface area contributed by atoms with Crippen LogP contribution in [0.25, 0.3) is 11.1 Å². The number of piperidine rings is 3. The van der Waals surface area contributed by atoms with Gasteiger partial charge in [0.1, 0.15) is 11.9 Å². The molecule has 5 aliphatic rings. The Hall–Kier alpha value is -2.24. The van der Waals surface area contributed by atoms with Crippen LogP contribution in [0.2, 0.25) is 5.02 Å². The standard InChI is InChI=1S/C27H31ClN2O3/c1-32-23-15-19(3-5-22(23)28)18-2-4-21-20(14-18)6-9-27(10-11-27)25(21)29-26(31)33-24-16-30-12-7-17(24)8-13-30/h2-5,14-15,17,24-25H,6-13,16H2,1H3,(H,29,31)/t24-,25?/m1/s1. The fourth-order valence-corrected chi connectivity index (χ4v) is 6.44. The molecular weight excluding hydrogens is 436 g/mol. The van der Waals surface area contributed by atoms with E-state index in [4.69, 9.17) is 21.1 Å². The lowest BCUT2D eigenvalue weighted by Crippen LogP contribution is -2.53. The first kappa shape index (κ1) is 21.3. The lowest BCUT2D eigenvalue weighted by atomic mass is 9.76. The predicted octanol–water partition coefficient (Wildman–Crippen LogP) is 5.60. The van der Waals surface area contributed by atoms with Crippen molar-refractivity contribution in [2.75, 3.05) is 26.7 Å². The van der Waals surface area contributed by atoms with Gasteiger partial charge in [-0.05, 0) is 97.3 Å². The second-order valence-corrected chi connectivity index (χ2v) is 10.7. The molecule has 6 heteroatoms. The molecule has 1 unspecified atom stereocenters. The van der Waals surface area contributed by atoms with E-state index in [1.54, 1.807) is 7.11 Å². The first-order chi connectivity index (χ1) is 16.0. The third kappa shape index (κ3) is 3.89. The Bertz CT molecular complexity index is 1080. The van der Waals surface area contributed by atoms with Gasteiger partial charge in [-0.25, -0.2) is 4.79 Å². The number of nitrogens with zero attached hydrogens (tertiary/aromatic N) is 1. The predicted molar refractivity (Wildman–Crippen MR) is 129 cm³/mol. The van der Waals surface area contributed by atoms with Crippen LogP contribution in [0.1, 0.15) is 49.3 Å². The molecule has 33 heavy (non-hydrogen) atoms. The topological polar surface area (TPSA) is 50.8 Å². The molecule has 1 amide bonds. The fourth-order valence-electron chi connectivity index (χ4n) is 6.24. The molecule has 3 saturated heterocycles. The number of hydrogen-bond acceptors (Lipinski definition) is 4. The van der Waals surface area contributed by atoms with Crippen LogP contribution in [-0.2, 0) is 11.2 Å². The summed E-state index contributed by atoms with van der Waals surface area (Å²) in [6.07, 6.45) is 6.58. The number of ether oxygens (including phenoxy) is 2. The Balaban J connectivity index is 1.23. The summed E-state index contributed by atoms with van der Waals surface area (Å²) in [5, 5.41) is 3.91. The van der Waals surface area contributed by atoms with E-state index in [1.165, 1.54) is 24.0 Å². The number of benzene rings is 2. The number of alkyl carbamates (subject to hydrolysis) is 1. The molecule has 2 atom stereocenters. The number of halogens is 1. The number of nitrogens with one attached hydrogen (secondary N) is 1. The minimum atomic E-state index is -0.246. The summed E-state index contributed by atoms with van der Waals surface area (Å²) >= 11 is 6.22. The van der Waals surface area contributed by atoms with Crippen LogP contribution < -0.4 is 10.1 Å². The first-order valence-electron chi connectivity index (χ1n) is 12.2. The van der Waals surface area contributed by atoms with Gasteiger partial charge in [0.15, 0.2) is 0 Å². The molecule has 2 aliphatic carbocycles. The molecule has 174 valence electrons. The van der Waals surface area contributed by atoms with Crippen molar-refractivity contribution in [1.82, 2.24) is 10.2 Å². The van der Waals surface area contributed by atoms with Gasteiger partial charge in [-0.1, -0.05) is 35.9 Å². The van der Waals surface area contributed by atoms with Gasteiger partial charge in [0, 0.05) is 6.54 Å². The van der Waals surface area contributed by atoms with Gasteiger partial charge >= 0.3 is 6.09 Å². The van der Waals surface area contributed by atoms with Gasteiger partial charge in [0.05, 0.1) is 18.2 Å². The average molecular weight is 467 g/mol. The van der Waals surface area contributed by atoms with E-state index in [1.807, 2.05) is 18.2 Å². The molecule has 2 aromatic rings. The number of hydrogen-bond donors (Lipinski definition) is 1. The summed E-state index contributed by atoms with van der Waals surface area (Å²) in [4.78, 5) is 15.4. The first-order valence-corrected chi connectivity index (χ1v) is 12.6. The number of carbonyl (C=O) groups is 1. The molecular formula is C27H31ClN2O3. The van der Waals surface area contributed by atoms with Crippen LogP contribution in [0.4, 0.5) is 4.79 Å². The quantitative estimate of drug-likeness (QED) is 0.636. The summed E-state index contributed by atoms with van der Waals surface area (Å²) in [6, 6.07) is 12.5. The smallest absolute Gasteiger partial charge is 0.407 e. The molecule has 5 nitrogen and oxygen atoms in total. The lowest BCUT2D eigenvalue weighted by molar-refractivity contribution is -0.0347. The SMILES string of the molecule is COc1cc(-c2ccc3c(c2)CCC2(CC2)C3NC(=O)O[C@@H]2CN3CCC2CC3)ccc1Cl. The van der Waals surface area contributed by atoms with Gasteiger partial charge in [0.2, 0.25) is 0 Å². The molecule has 1 saturated carbocycles.